The van der Waals surface area contributed by atoms with E-state index in [1.165, 1.54) is 12.4 Å². The van der Waals surface area contributed by atoms with Crippen molar-refractivity contribution in [1.29, 1.82) is 0 Å². The summed E-state index contributed by atoms with van der Waals surface area (Å²) in [5.41, 5.74) is -0.103. The first-order valence-corrected chi connectivity index (χ1v) is 4.40. The fourth-order valence-electron chi connectivity index (χ4n) is 0.924. The molecule has 0 aliphatic heterocycles. The number of H-pyrrole nitrogens is 1. The van der Waals surface area contributed by atoms with E-state index in [0.29, 0.717) is 12.0 Å². The van der Waals surface area contributed by atoms with Crippen molar-refractivity contribution in [3.8, 4) is 12.3 Å². The second kappa shape index (κ2) is 3.97. The first-order valence-electron chi connectivity index (χ1n) is 4.40. The van der Waals surface area contributed by atoms with Gasteiger partial charge in [0.25, 0.3) is 5.91 Å². The van der Waals surface area contributed by atoms with Gasteiger partial charge in [0.2, 0.25) is 0 Å². The van der Waals surface area contributed by atoms with Gasteiger partial charge in [0.1, 0.15) is 0 Å². The summed E-state index contributed by atoms with van der Waals surface area (Å²) in [4.78, 5) is 11.6. The van der Waals surface area contributed by atoms with Gasteiger partial charge in [-0.3, -0.25) is 9.89 Å². The minimum absolute atomic E-state index is 0.207. The molecule has 1 rings (SSSR count). The van der Waals surface area contributed by atoms with Crippen molar-refractivity contribution in [2.45, 2.75) is 25.8 Å². The third kappa shape index (κ3) is 2.13. The number of nitrogens with one attached hydrogen (secondary N) is 2. The molecule has 0 saturated heterocycles. The predicted octanol–water partition coefficient (Wildman–Crippen LogP) is 0.941. The number of rotatable bonds is 3. The van der Waals surface area contributed by atoms with E-state index >= 15 is 0 Å². The van der Waals surface area contributed by atoms with Gasteiger partial charge in [-0.15, -0.1) is 6.42 Å². The average molecular weight is 191 g/mol. The van der Waals surface area contributed by atoms with Crippen LogP contribution in [0.25, 0.3) is 0 Å². The highest BCUT2D eigenvalue weighted by Gasteiger charge is 2.22. The largest absolute Gasteiger partial charge is 0.336 e. The molecule has 0 spiro atoms. The SMILES string of the molecule is C#CC(C)(CC)NC(=O)c1cn[nH]c1. The smallest absolute Gasteiger partial charge is 0.255 e. The number of terminal acetylenes is 1. The molecule has 4 nitrogen and oxygen atoms in total. The molecule has 1 aromatic rings. The monoisotopic (exact) mass is 191 g/mol. The van der Waals surface area contributed by atoms with E-state index in [2.05, 4.69) is 21.4 Å². The minimum atomic E-state index is -0.589. The molecular formula is C10H13N3O. The Hall–Kier alpha value is -1.76. The van der Waals surface area contributed by atoms with Crippen molar-refractivity contribution >= 4 is 5.91 Å². The van der Waals surface area contributed by atoms with Gasteiger partial charge < -0.3 is 5.32 Å². The number of aromatic amines is 1. The maximum absolute atomic E-state index is 11.6. The van der Waals surface area contributed by atoms with Crippen LogP contribution >= 0.6 is 0 Å². The van der Waals surface area contributed by atoms with Gasteiger partial charge in [-0.05, 0) is 13.3 Å². The van der Waals surface area contributed by atoms with Crippen LogP contribution in [0.2, 0.25) is 0 Å². The molecule has 1 heterocycles. The number of nitrogens with zero attached hydrogens (tertiary/aromatic N) is 1. The number of hydrogen-bond acceptors (Lipinski definition) is 2. The number of carbonyl (C=O) groups excluding carboxylic acids is 1. The van der Waals surface area contributed by atoms with Crippen LogP contribution in [0.3, 0.4) is 0 Å². The highest BCUT2D eigenvalue weighted by molar-refractivity contribution is 5.94. The Morgan fingerprint density at radius 3 is 3.00 bits per heavy atom. The molecular weight excluding hydrogens is 178 g/mol. The topological polar surface area (TPSA) is 57.8 Å². The normalized spacial score (nSPS) is 14.1. The Bertz CT molecular complexity index is 350. The zero-order chi connectivity index (χ0) is 10.6. The van der Waals surface area contributed by atoms with Gasteiger partial charge in [-0.25, -0.2) is 0 Å². The lowest BCUT2D eigenvalue weighted by molar-refractivity contribution is 0.0924. The van der Waals surface area contributed by atoms with Crippen LogP contribution < -0.4 is 5.32 Å². The molecule has 0 fully saturated rings. The number of aromatic nitrogens is 2. The fraction of sp³-hybridized carbons (Fsp3) is 0.400. The van der Waals surface area contributed by atoms with Gasteiger partial charge in [0.15, 0.2) is 0 Å². The highest BCUT2D eigenvalue weighted by Crippen LogP contribution is 2.08. The molecule has 14 heavy (non-hydrogen) atoms. The summed E-state index contributed by atoms with van der Waals surface area (Å²) in [5, 5.41) is 9.02. The molecule has 0 aliphatic rings. The lowest BCUT2D eigenvalue weighted by atomic mass is 10.00. The zero-order valence-corrected chi connectivity index (χ0v) is 8.29. The van der Waals surface area contributed by atoms with E-state index in [9.17, 15) is 4.79 Å². The molecule has 0 radical (unpaired) electrons. The van der Waals surface area contributed by atoms with Gasteiger partial charge in [-0.1, -0.05) is 12.8 Å². The molecule has 4 heteroatoms. The third-order valence-electron chi connectivity index (χ3n) is 2.18. The van der Waals surface area contributed by atoms with Gasteiger partial charge in [-0.2, -0.15) is 5.10 Å². The first-order chi connectivity index (χ1) is 6.61. The van der Waals surface area contributed by atoms with E-state index in [-0.39, 0.29) is 5.91 Å². The summed E-state index contributed by atoms with van der Waals surface area (Å²) in [6.45, 7) is 3.74. The summed E-state index contributed by atoms with van der Waals surface area (Å²) in [6, 6.07) is 0. The number of carbonyl (C=O) groups is 1. The highest BCUT2D eigenvalue weighted by atomic mass is 16.1. The molecule has 0 aliphatic carbocycles. The maximum Gasteiger partial charge on any atom is 0.255 e. The van der Waals surface area contributed by atoms with Gasteiger partial charge >= 0.3 is 0 Å². The predicted molar refractivity (Wildman–Crippen MR) is 53.6 cm³/mol. The Morgan fingerprint density at radius 1 is 1.86 bits per heavy atom. The van der Waals surface area contributed by atoms with Crippen molar-refractivity contribution in [3.05, 3.63) is 18.0 Å². The number of amides is 1. The fourth-order valence-corrected chi connectivity index (χ4v) is 0.924. The Morgan fingerprint density at radius 2 is 2.57 bits per heavy atom. The average Bonchev–Trinajstić information content (AvgIpc) is 2.70. The lowest BCUT2D eigenvalue weighted by Crippen LogP contribution is -2.44. The van der Waals surface area contributed by atoms with Crippen LogP contribution in [0, 0.1) is 12.3 Å². The molecule has 1 aromatic heterocycles. The molecule has 74 valence electrons. The molecule has 0 saturated carbocycles. The van der Waals surface area contributed by atoms with Crippen molar-refractivity contribution in [2.24, 2.45) is 0 Å². The molecule has 0 aromatic carbocycles. The summed E-state index contributed by atoms with van der Waals surface area (Å²) < 4.78 is 0. The number of hydrogen-bond donors (Lipinski definition) is 2. The van der Waals surface area contributed by atoms with Gasteiger partial charge in [0.05, 0.1) is 17.3 Å². The Labute approximate surface area is 83.1 Å². The summed E-state index contributed by atoms with van der Waals surface area (Å²) in [5.74, 6) is 2.35. The first kappa shape index (κ1) is 10.3. The van der Waals surface area contributed by atoms with Crippen molar-refractivity contribution in [2.75, 3.05) is 0 Å². The lowest BCUT2D eigenvalue weighted by Gasteiger charge is -2.22. The molecule has 1 unspecified atom stereocenters. The molecule has 0 bridgehead atoms. The Balaban J connectivity index is 2.71. The molecule has 2 N–H and O–H groups in total. The summed E-state index contributed by atoms with van der Waals surface area (Å²) >= 11 is 0. The van der Waals surface area contributed by atoms with Crippen LogP contribution in [0.1, 0.15) is 30.6 Å². The maximum atomic E-state index is 11.6. The molecule has 1 atom stereocenters. The van der Waals surface area contributed by atoms with Crippen molar-refractivity contribution < 1.29 is 4.79 Å². The van der Waals surface area contributed by atoms with Crippen molar-refractivity contribution in [1.82, 2.24) is 15.5 Å². The van der Waals surface area contributed by atoms with E-state index in [4.69, 9.17) is 6.42 Å². The van der Waals surface area contributed by atoms with Gasteiger partial charge in [0, 0.05) is 6.20 Å². The van der Waals surface area contributed by atoms with E-state index in [1.807, 2.05) is 13.8 Å². The van der Waals surface area contributed by atoms with Crippen LogP contribution in [-0.4, -0.2) is 21.6 Å². The van der Waals surface area contributed by atoms with E-state index < -0.39 is 5.54 Å². The minimum Gasteiger partial charge on any atom is -0.336 e. The van der Waals surface area contributed by atoms with Crippen LogP contribution in [0.15, 0.2) is 12.4 Å². The second-order valence-electron chi connectivity index (χ2n) is 3.27. The summed E-state index contributed by atoms with van der Waals surface area (Å²) in [6.07, 6.45) is 9.01. The third-order valence-corrected chi connectivity index (χ3v) is 2.18. The molecule has 1 amide bonds. The Kier molecular flexibility index (Phi) is 2.92. The van der Waals surface area contributed by atoms with Crippen LogP contribution in [0.5, 0.6) is 0 Å². The van der Waals surface area contributed by atoms with E-state index in [0.717, 1.165) is 0 Å². The summed E-state index contributed by atoms with van der Waals surface area (Å²) in [7, 11) is 0. The quantitative estimate of drug-likeness (QED) is 0.698. The standard InChI is InChI=1S/C10H13N3O/c1-4-10(3,5-2)13-9(14)8-6-11-12-7-8/h1,6-7H,5H2,2-3H3,(H,11,12)(H,13,14). The van der Waals surface area contributed by atoms with Crippen LogP contribution in [0.4, 0.5) is 0 Å². The van der Waals surface area contributed by atoms with E-state index in [1.54, 1.807) is 0 Å². The van der Waals surface area contributed by atoms with Crippen LogP contribution in [-0.2, 0) is 0 Å². The van der Waals surface area contributed by atoms with Crippen molar-refractivity contribution in [3.63, 3.8) is 0 Å². The zero-order valence-electron chi connectivity index (χ0n) is 8.29. The second-order valence-corrected chi connectivity index (χ2v) is 3.27.